The Morgan fingerprint density at radius 2 is 2.17 bits per heavy atom. The van der Waals surface area contributed by atoms with Crippen LogP contribution in [-0.2, 0) is 0 Å². The minimum Gasteiger partial charge on any atom is -0.355 e. The topological polar surface area (TPSA) is 38.9 Å². The molecule has 0 fully saturated rings. The van der Waals surface area contributed by atoms with E-state index in [0.29, 0.717) is 11.5 Å². The molecule has 2 heterocycles. The van der Waals surface area contributed by atoms with Gasteiger partial charge in [0.1, 0.15) is 11.5 Å². The van der Waals surface area contributed by atoms with Crippen molar-refractivity contribution in [3.63, 3.8) is 0 Å². The lowest BCUT2D eigenvalue weighted by Crippen LogP contribution is -1.81. The van der Waals surface area contributed by atoms with Crippen molar-refractivity contribution >= 4 is 0 Å². The van der Waals surface area contributed by atoms with Gasteiger partial charge in [-0.15, -0.1) is 0 Å². The van der Waals surface area contributed by atoms with E-state index in [1.54, 1.807) is 6.07 Å². The van der Waals surface area contributed by atoms with E-state index in [0.717, 1.165) is 6.20 Å². The van der Waals surface area contributed by atoms with Crippen molar-refractivity contribution in [1.82, 2.24) is 10.1 Å². The Balaban J connectivity index is 2.43. The molecule has 0 unspecified atom stereocenters. The van der Waals surface area contributed by atoms with E-state index in [-0.39, 0.29) is 5.82 Å². The zero-order valence-electron chi connectivity index (χ0n) is 6.07. The zero-order chi connectivity index (χ0) is 8.39. The summed E-state index contributed by atoms with van der Waals surface area (Å²) in [5, 5.41) is 3.51. The molecule has 0 spiro atoms. The maximum atomic E-state index is 12.4. The third-order valence-corrected chi connectivity index (χ3v) is 1.42. The first kappa shape index (κ1) is 6.97. The quantitative estimate of drug-likeness (QED) is 0.645. The lowest BCUT2D eigenvalue weighted by molar-refractivity contribution is 0.431. The molecule has 0 aromatic carbocycles. The summed E-state index contributed by atoms with van der Waals surface area (Å²) in [5.74, 6) is 0.174. The third-order valence-electron chi connectivity index (χ3n) is 1.42. The van der Waals surface area contributed by atoms with Gasteiger partial charge in [0.15, 0.2) is 5.76 Å². The molecular formula is C8H5FN2O. The summed E-state index contributed by atoms with van der Waals surface area (Å²) >= 11 is 0. The van der Waals surface area contributed by atoms with Gasteiger partial charge in [-0.25, -0.2) is 9.37 Å². The molecule has 0 bridgehead atoms. The molecule has 0 amide bonds. The largest absolute Gasteiger partial charge is 0.355 e. The molecule has 2 rings (SSSR count). The van der Waals surface area contributed by atoms with Crippen LogP contribution in [0.4, 0.5) is 4.39 Å². The van der Waals surface area contributed by atoms with Crippen molar-refractivity contribution < 1.29 is 8.91 Å². The van der Waals surface area contributed by atoms with E-state index >= 15 is 0 Å². The molecule has 0 radical (unpaired) electrons. The highest BCUT2D eigenvalue weighted by Crippen LogP contribution is 2.14. The maximum Gasteiger partial charge on any atom is 0.185 e. The van der Waals surface area contributed by atoms with Gasteiger partial charge in [-0.1, -0.05) is 5.16 Å². The van der Waals surface area contributed by atoms with Crippen LogP contribution in [-0.4, -0.2) is 10.1 Å². The van der Waals surface area contributed by atoms with Crippen LogP contribution in [0.15, 0.2) is 35.1 Å². The molecule has 12 heavy (non-hydrogen) atoms. The average molecular weight is 164 g/mol. The van der Waals surface area contributed by atoms with Crippen LogP contribution in [0.3, 0.4) is 0 Å². The predicted molar refractivity (Wildman–Crippen MR) is 39.7 cm³/mol. The number of halogens is 1. The Hall–Kier alpha value is -1.71. The molecule has 2 aromatic rings. The Kier molecular flexibility index (Phi) is 1.59. The van der Waals surface area contributed by atoms with Crippen LogP contribution in [0, 0.1) is 5.82 Å². The summed E-state index contributed by atoms with van der Waals surface area (Å²) in [5.41, 5.74) is 0.578. The van der Waals surface area contributed by atoms with E-state index < -0.39 is 0 Å². The molecule has 0 saturated carbocycles. The van der Waals surface area contributed by atoms with E-state index in [1.807, 2.05) is 0 Å². The van der Waals surface area contributed by atoms with Crippen LogP contribution in [0.25, 0.3) is 11.5 Å². The Morgan fingerprint density at radius 3 is 2.75 bits per heavy atom. The van der Waals surface area contributed by atoms with E-state index in [9.17, 15) is 4.39 Å². The van der Waals surface area contributed by atoms with Crippen molar-refractivity contribution in [3.8, 4) is 11.5 Å². The molecule has 0 aliphatic carbocycles. The number of aromatic nitrogens is 2. The standard InChI is InChI=1S/C8H5FN2O/c9-6-1-2-7(10-5-6)8-3-4-11-12-8/h1-5H. The van der Waals surface area contributed by atoms with Gasteiger partial charge in [0, 0.05) is 6.07 Å². The summed E-state index contributed by atoms with van der Waals surface area (Å²) in [7, 11) is 0. The minimum absolute atomic E-state index is 0.363. The van der Waals surface area contributed by atoms with Gasteiger partial charge >= 0.3 is 0 Å². The van der Waals surface area contributed by atoms with Crippen molar-refractivity contribution in [2.24, 2.45) is 0 Å². The first-order valence-electron chi connectivity index (χ1n) is 3.39. The zero-order valence-corrected chi connectivity index (χ0v) is 6.07. The number of pyridine rings is 1. The first-order valence-corrected chi connectivity index (χ1v) is 3.39. The van der Waals surface area contributed by atoms with Gasteiger partial charge in [-0.2, -0.15) is 0 Å². The SMILES string of the molecule is Fc1ccc(-c2ccno2)nc1. The van der Waals surface area contributed by atoms with Crippen LogP contribution in [0.1, 0.15) is 0 Å². The van der Waals surface area contributed by atoms with Crippen LogP contribution < -0.4 is 0 Å². The van der Waals surface area contributed by atoms with Gasteiger partial charge in [-0.05, 0) is 12.1 Å². The summed E-state index contributed by atoms with van der Waals surface area (Å²) in [6.07, 6.45) is 2.65. The predicted octanol–water partition coefficient (Wildman–Crippen LogP) is 1.88. The average Bonchev–Trinajstić information content (AvgIpc) is 2.58. The minimum atomic E-state index is -0.363. The van der Waals surface area contributed by atoms with Gasteiger partial charge in [0.2, 0.25) is 0 Å². The molecule has 0 N–H and O–H groups in total. The monoisotopic (exact) mass is 164 g/mol. The van der Waals surface area contributed by atoms with Crippen molar-refractivity contribution in [3.05, 3.63) is 36.4 Å². The normalized spacial score (nSPS) is 10.1. The number of hydrogen-bond acceptors (Lipinski definition) is 3. The molecule has 0 atom stereocenters. The Labute approximate surface area is 67.8 Å². The number of hydrogen-bond donors (Lipinski definition) is 0. The maximum absolute atomic E-state index is 12.4. The molecule has 4 heteroatoms. The van der Waals surface area contributed by atoms with Gasteiger partial charge in [0.25, 0.3) is 0 Å². The first-order chi connectivity index (χ1) is 5.86. The summed E-state index contributed by atoms with van der Waals surface area (Å²) < 4.78 is 17.2. The van der Waals surface area contributed by atoms with Crippen LogP contribution in [0.2, 0.25) is 0 Å². The fourth-order valence-electron chi connectivity index (χ4n) is 0.869. The number of nitrogens with zero attached hydrogens (tertiary/aromatic N) is 2. The lowest BCUT2D eigenvalue weighted by Gasteiger charge is -1.92. The number of rotatable bonds is 1. The van der Waals surface area contributed by atoms with E-state index in [2.05, 4.69) is 10.1 Å². The molecule has 0 aliphatic heterocycles. The molecule has 2 aromatic heterocycles. The highest BCUT2D eigenvalue weighted by Gasteiger charge is 2.01. The molecule has 3 nitrogen and oxygen atoms in total. The Morgan fingerprint density at radius 1 is 1.25 bits per heavy atom. The Bertz CT molecular complexity index is 355. The molecule has 0 aliphatic rings. The van der Waals surface area contributed by atoms with Crippen LogP contribution >= 0.6 is 0 Å². The fraction of sp³-hybridized carbons (Fsp3) is 0. The smallest absolute Gasteiger partial charge is 0.185 e. The fourth-order valence-corrected chi connectivity index (χ4v) is 0.869. The summed E-state index contributed by atoms with van der Waals surface area (Å²) in [6.45, 7) is 0. The van der Waals surface area contributed by atoms with Gasteiger partial charge in [0.05, 0.1) is 12.4 Å². The van der Waals surface area contributed by atoms with Crippen LogP contribution in [0.5, 0.6) is 0 Å². The van der Waals surface area contributed by atoms with E-state index in [4.69, 9.17) is 4.52 Å². The third kappa shape index (κ3) is 1.18. The van der Waals surface area contributed by atoms with Gasteiger partial charge in [-0.3, -0.25) is 0 Å². The highest BCUT2D eigenvalue weighted by atomic mass is 19.1. The van der Waals surface area contributed by atoms with Crippen molar-refractivity contribution in [1.29, 1.82) is 0 Å². The highest BCUT2D eigenvalue weighted by molar-refractivity contribution is 5.50. The van der Waals surface area contributed by atoms with Crippen molar-refractivity contribution in [2.45, 2.75) is 0 Å². The van der Waals surface area contributed by atoms with E-state index in [1.165, 1.54) is 18.3 Å². The second kappa shape index (κ2) is 2.73. The van der Waals surface area contributed by atoms with Crippen molar-refractivity contribution in [2.75, 3.05) is 0 Å². The second-order valence-corrected chi connectivity index (χ2v) is 2.24. The molecule has 0 saturated heterocycles. The molecular weight excluding hydrogens is 159 g/mol. The summed E-state index contributed by atoms with van der Waals surface area (Å²) in [4.78, 5) is 3.81. The summed E-state index contributed by atoms with van der Waals surface area (Å²) in [6, 6.07) is 4.53. The molecule has 60 valence electrons. The lowest BCUT2D eigenvalue weighted by atomic mass is 10.3. The van der Waals surface area contributed by atoms with Gasteiger partial charge < -0.3 is 4.52 Å². The second-order valence-electron chi connectivity index (χ2n) is 2.24.